The van der Waals surface area contributed by atoms with Gasteiger partial charge in [0.25, 0.3) is 0 Å². The Morgan fingerprint density at radius 3 is 2.71 bits per heavy atom. The summed E-state index contributed by atoms with van der Waals surface area (Å²) in [5.41, 5.74) is 0.882. The highest BCUT2D eigenvalue weighted by molar-refractivity contribution is 5.35. The van der Waals surface area contributed by atoms with Crippen LogP contribution in [0.4, 0.5) is 0 Å². The molecule has 0 bridgehead atoms. The lowest BCUT2D eigenvalue weighted by Crippen LogP contribution is -2.33. The number of aliphatic hydroxyl groups excluding tert-OH is 1. The summed E-state index contributed by atoms with van der Waals surface area (Å²) in [7, 11) is 2.07. The van der Waals surface area contributed by atoms with Crippen molar-refractivity contribution in [1.82, 2.24) is 9.80 Å². The summed E-state index contributed by atoms with van der Waals surface area (Å²) in [4.78, 5) is 4.70. The van der Waals surface area contributed by atoms with Crippen LogP contribution in [0.3, 0.4) is 0 Å². The Balaban J connectivity index is 1.83. The third-order valence-electron chi connectivity index (χ3n) is 4.06. The van der Waals surface area contributed by atoms with Crippen LogP contribution >= 0.6 is 0 Å². The van der Waals surface area contributed by atoms with E-state index in [0.29, 0.717) is 13.2 Å². The minimum absolute atomic E-state index is 0.503. The van der Waals surface area contributed by atoms with Gasteiger partial charge >= 0.3 is 0 Å². The zero-order valence-electron chi connectivity index (χ0n) is 13.3. The summed E-state index contributed by atoms with van der Waals surface area (Å²) in [6.45, 7) is 7.76. The fourth-order valence-corrected chi connectivity index (χ4v) is 2.85. The molecule has 4 heteroatoms. The molecule has 0 amide bonds. The Hall–Kier alpha value is -1.10. The van der Waals surface area contributed by atoms with E-state index in [0.717, 1.165) is 24.4 Å². The minimum atomic E-state index is -0.503. The molecule has 2 rings (SSSR count). The van der Waals surface area contributed by atoms with E-state index < -0.39 is 6.10 Å². The van der Waals surface area contributed by atoms with Gasteiger partial charge in [-0.2, -0.15) is 0 Å². The standard InChI is InChI=1S/C17H28N2O2/c1-3-21-17-9-5-4-8-15(17)16(20)14-18(2)12-13-19-10-6-7-11-19/h4-5,8-9,16,20H,3,6-7,10-14H2,1-2H3. The van der Waals surface area contributed by atoms with Gasteiger partial charge in [0.15, 0.2) is 0 Å². The van der Waals surface area contributed by atoms with Gasteiger partial charge in [0.05, 0.1) is 12.7 Å². The lowest BCUT2D eigenvalue weighted by Gasteiger charge is -2.24. The number of ether oxygens (including phenoxy) is 1. The number of rotatable bonds is 8. The Morgan fingerprint density at radius 2 is 2.00 bits per heavy atom. The van der Waals surface area contributed by atoms with Crippen LogP contribution in [-0.2, 0) is 0 Å². The molecule has 1 unspecified atom stereocenters. The van der Waals surface area contributed by atoms with E-state index >= 15 is 0 Å². The number of hydrogen-bond acceptors (Lipinski definition) is 4. The fraction of sp³-hybridized carbons (Fsp3) is 0.647. The van der Waals surface area contributed by atoms with Crippen LogP contribution in [0.5, 0.6) is 5.75 Å². The van der Waals surface area contributed by atoms with Crippen LogP contribution in [0, 0.1) is 0 Å². The summed E-state index contributed by atoms with van der Waals surface area (Å²) in [6, 6.07) is 7.76. The summed E-state index contributed by atoms with van der Waals surface area (Å²) in [6.07, 6.45) is 2.15. The molecule has 0 saturated carbocycles. The minimum Gasteiger partial charge on any atom is -0.493 e. The third-order valence-corrected chi connectivity index (χ3v) is 4.06. The van der Waals surface area contributed by atoms with Gasteiger partial charge in [-0.05, 0) is 46.0 Å². The van der Waals surface area contributed by atoms with E-state index in [1.807, 2.05) is 31.2 Å². The first-order valence-electron chi connectivity index (χ1n) is 8.01. The second-order valence-corrected chi connectivity index (χ2v) is 5.80. The smallest absolute Gasteiger partial charge is 0.125 e. The zero-order chi connectivity index (χ0) is 15.1. The molecule has 1 aliphatic heterocycles. The summed E-state index contributed by atoms with van der Waals surface area (Å²) >= 11 is 0. The summed E-state index contributed by atoms with van der Waals surface area (Å²) < 4.78 is 5.59. The number of hydrogen-bond donors (Lipinski definition) is 1. The Kier molecular flexibility index (Phi) is 6.49. The van der Waals surface area contributed by atoms with Gasteiger partial charge in [-0.1, -0.05) is 18.2 Å². The van der Waals surface area contributed by atoms with E-state index in [9.17, 15) is 5.11 Å². The maximum Gasteiger partial charge on any atom is 0.125 e. The van der Waals surface area contributed by atoms with Crippen molar-refractivity contribution in [3.05, 3.63) is 29.8 Å². The highest BCUT2D eigenvalue weighted by Gasteiger charge is 2.16. The molecule has 118 valence electrons. The van der Waals surface area contributed by atoms with E-state index in [1.54, 1.807) is 0 Å². The van der Waals surface area contributed by atoms with Crippen LogP contribution in [-0.4, -0.2) is 61.3 Å². The molecule has 1 aromatic carbocycles. The second-order valence-electron chi connectivity index (χ2n) is 5.80. The average Bonchev–Trinajstić information content (AvgIpc) is 2.99. The SMILES string of the molecule is CCOc1ccccc1C(O)CN(C)CCN1CCCC1. The average molecular weight is 292 g/mol. The van der Waals surface area contributed by atoms with Crippen molar-refractivity contribution >= 4 is 0 Å². The Morgan fingerprint density at radius 1 is 1.29 bits per heavy atom. The van der Waals surface area contributed by atoms with Crippen LogP contribution in [0.2, 0.25) is 0 Å². The van der Waals surface area contributed by atoms with Crippen LogP contribution < -0.4 is 4.74 Å². The number of nitrogens with zero attached hydrogens (tertiary/aromatic N) is 2. The van der Waals surface area contributed by atoms with Gasteiger partial charge in [0.2, 0.25) is 0 Å². The van der Waals surface area contributed by atoms with Gasteiger partial charge in [-0.25, -0.2) is 0 Å². The van der Waals surface area contributed by atoms with Crippen LogP contribution in [0.1, 0.15) is 31.4 Å². The Labute approximate surface area is 128 Å². The van der Waals surface area contributed by atoms with Crippen molar-refractivity contribution in [1.29, 1.82) is 0 Å². The molecular formula is C17H28N2O2. The topological polar surface area (TPSA) is 35.9 Å². The monoisotopic (exact) mass is 292 g/mol. The molecule has 1 aliphatic rings. The predicted molar refractivity (Wildman–Crippen MR) is 85.7 cm³/mol. The number of aliphatic hydroxyl groups is 1. The number of para-hydroxylation sites is 1. The van der Waals surface area contributed by atoms with Crippen molar-refractivity contribution in [3.63, 3.8) is 0 Å². The molecule has 1 heterocycles. The van der Waals surface area contributed by atoms with E-state index in [2.05, 4.69) is 16.8 Å². The molecule has 1 saturated heterocycles. The van der Waals surface area contributed by atoms with Crippen molar-refractivity contribution in [2.75, 3.05) is 46.4 Å². The van der Waals surface area contributed by atoms with Crippen molar-refractivity contribution in [3.8, 4) is 5.75 Å². The van der Waals surface area contributed by atoms with Gasteiger partial charge in [-0.15, -0.1) is 0 Å². The largest absolute Gasteiger partial charge is 0.493 e. The predicted octanol–water partition coefficient (Wildman–Crippen LogP) is 2.15. The highest BCUT2D eigenvalue weighted by atomic mass is 16.5. The fourth-order valence-electron chi connectivity index (χ4n) is 2.85. The van der Waals surface area contributed by atoms with Crippen molar-refractivity contribution < 1.29 is 9.84 Å². The Bertz CT molecular complexity index is 419. The molecule has 0 aliphatic carbocycles. The lowest BCUT2D eigenvalue weighted by atomic mass is 10.1. The molecule has 0 spiro atoms. The summed E-state index contributed by atoms with van der Waals surface area (Å²) in [5.74, 6) is 0.792. The zero-order valence-corrected chi connectivity index (χ0v) is 13.3. The maximum atomic E-state index is 10.5. The molecule has 1 atom stereocenters. The normalized spacial score (nSPS) is 17.3. The van der Waals surface area contributed by atoms with Crippen molar-refractivity contribution in [2.45, 2.75) is 25.9 Å². The van der Waals surface area contributed by atoms with Crippen LogP contribution in [0.15, 0.2) is 24.3 Å². The number of benzene rings is 1. The molecule has 1 fully saturated rings. The van der Waals surface area contributed by atoms with E-state index in [4.69, 9.17) is 4.74 Å². The van der Waals surface area contributed by atoms with E-state index in [-0.39, 0.29) is 0 Å². The molecule has 1 N–H and O–H groups in total. The van der Waals surface area contributed by atoms with Gasteiger partial charge in [-0.3, -0.25) is 0 Å². The third kappa shape index (κ3) is 4.99. The van der Waals surface area contributed by atoms with Crippen LogP contribution in [0.25, 0.3) is 0 Å². The molecule has 21 heavy (non-hydrogen) atoms. The molecule has 4 nitrogen and oxygen atoms in total. The second kappa shape index (κ2) is 8.37. The quantitative estimate of drug-likeness (QED) is 0.796. The molecular weight excluding hydrogens is 264 g/mol. The number of likely N-dealkylation sites (tertiary alicyclic amines) is 1. The summed E-state index contributed by atoms with van der Waals surface area (Å²) in [5, 5.41) is 10.5. The van der Waals surface area contributed by atoms with Gasteiger partial charge in [0, 0.05) is 25.2 Å². The molecule has 1 aromatic rings. The first-order valence-corrected chi connectivity index (χ1v) is 8.01. The molecule has 0 aromatic heterocycles. The first-order chi connectivity index (χ1) is 10.2. The number of likely N-dealkylation sites (N-methyl/N-ethyl adjacent to an activating group) is 1. The van der Waals surface area contributed by atoms with Gasteiger partial charge in [0.1, 0.15) is 5.75 Å². The lowest BCUT2D eigenvalue weighted by molar-refractivity contribution is 0.118. The maximum absolute atomic E-state index is 10.5. The van der Waals surface area contributed by atoms with E-state index in [1.165, 1.54) is 25.9 Å². The van der Waals surface area contributed by atoms with Gasteiger partial charge < -0.3 is 19.6 Å². The van der Waals surface area contributed by atoms with Crippen molar-refractivity contribution in [2.24, 2.45) is 0 Å². The highest BCUT2D eigenvalue weighted by Crippen LogP contribution is 2.25. The first kappa shape index (κ1) is 16.3. The molecule has 0 radical (unpaired) electrons.